The highest BCUT2D eigenvalue weighted by atomic mass is 16.5. The van der Waals surface area contributed by atoms with E-state index in [2.05, 4.69) is 5.32 Å². The number of hydrogen-bond acceptors (Lipinski definition) is 5. The Hall–Kier alpha value is -3.06. The van der Waals surface area contributed by atoms with E-state index in [0.29, 0.717) is 23.5 Å². The van der Waals surface area contributed by atoms with Gasteiger partial charge >= 0.3 is 5.97 Å². The first-order valence-corrected chi connectivity index (χ1v) is 9.09. The first kappa shape index (κ1) is 19.7. The largest absolute Gasteiger partial charge is 0.496 e. The van der Waals surface area contributed by atoms with Gasteiger partial charge in [-0.1, -0.05) is 6.07 Å². The number of carboxylic acid groups (broad SMARTS) is 1. The Morgan fingerprint density at radius 3 is 2.64 bits per heavy atom. The van der Waals surface area contributed by atoms with Crippen LogP contribution in [0.15, 0.2) is 42.5 Å². The summed E-state index contributed by atoms with van der Waals surface area (Å²) in [6.45, 7) is 1.50. The van der Waals surface area contributed by atoms with Gasteiger partial charge < -0.3 is 24.6 Å². The van der Waals surface area contributed by atoms with Gasteiger partial charge in [-0.05, 0) is 54.8 Å². The molecule has 1 aliphatic heterocycles. The number of carbonyl (C=O) groups excluding carboxylic acids is 1. The second-order valence-corrected chi connectivity index (χ2v) is 6.49. The first-order valence-electron chi connectivity index (χ1n) is 9.09. The lowest BCUT2D eigenvalue weighted by atomic mass is 10.1. The van der Waals surface area contributed by atoms with Gasteiger partial charge in [0.2, 0.25) is 0 Å². The number of aromatic carboxylic acids is 1. The van der Waals surface area contributed by atoms with E-state index in [1.54, 1.807) is 36.4 Å². The van der Waals surface area contributed by atoms with Crippen LogP contribution in [0.3, 0.4) is 0 Å². The third-order valence-electron chi connectivity index (χ3n) is 4.52. The maximum Gasteiger partial charge on any atom is 0.339 e. The summed E-state index contributed by atoms with van der Waals surface area (Å²) in [5, 5.41) is 12.0. The third kappa shape index (κ3) is 5.01. The molecule has 2 N–H and O–H groups in total. The van der Waals surface area contributed by atoms with Crippen molar-refractivity contribution in [1.29, 1.82) is 0 Å². The lowest BCUT2D eigenvalue weighted by Crippen LogP contribution is -2.23. The second-order valence-electron chi connectivity index (χ2n) is 6.49. The fraction of sp³-hybridized carbons (Fsp3) is 0.333. The summed E-state index contributed by atoms with van der Waals surface area (Å²) in [5.74, 6) is -0.364. The number of carbonyl (C=O) groups is 2. The van der Waals surface area contributed by atoms with Crippen molar-refractivity contribution in [3.63, 3.8) is 0 Å². The van der Waals surface area contributed by atoms with Crippen LogP contribution in [-0.4, -0.2) is 43.4 Å². The lowest BCUT2D eigenvalue weighted by molar-refractivity contribution is 0.0679. The zero-order valence-corrected chi connectivity index (χ0v) is 15.6. The first-order chi connectivity index (χ1) is 13.6. The summed E-state index contributed by atoms with van der Waals surface area (Å²) in [4.78, 5) is 23.6. The van der Waals surface area contributed by atoms with E-state index in [0.717, 1.165) is 19.4 Å². The number of ether oxygens (including phenoxy) is 3. The minimum absolute atomic E-state index is 0.0574. The molecule has 28 heavy (non-hydrogen) atoms. The quantitative estimate of drug-likeness (QED) is 0.726. The van der Waals surface area contributed by atoms with E-state index in [1.807, 2.05) is 0 Å². The van der Waals surface area contributed by atoms with Gasteiger partial charge in [-0.2, -0.15) is 0 Å². The van der Waals surface area contributed by atoms with Crippen LogP contribution < -0.4 is 14.8 Å². The highest BCUT2D eigenvalue weighted by molar-refractivity contribution is 5.94. The van der Waals surface area contributed by atoms with Crippen molar-refractivity contribution < 1.29 is 28.9 Å². The van der Waals surface area contributed by atoms with Crippen LogP contribution in [-0.2, 0) is 11.3 Å². The van der Waals surface area contributed by atoms with E-state index in [1.165, 1.54) is 13.2 Å². The monoisotopic (exact) mass is 385 g/mol. The highest BCUT2D eigenvalue weighted by Gasteiger charge is 2.16. The molecule has 7 nitrogen and oxygen atoms in total. The molecule has 1 amide bonds. The molecular weight excluding hydrogens is 362 g/mol. The van der Waals surface area contributed by atoms with E-state index >= 15 is 0 Å². The van der Waals surface area contributed by atoms with Gasteiger partial charge in [-0.15, -0.1) is 0 Å². The van der Waals surface area contributed by atoms with Gasteiger partial charge in [0.1, 0.15) is 23.7 Å². The van der Waals surface area contributed by atoms with Gasteiger partial charge in [0.25, 0.3) is 5.91 Å². The van der Waals surface area contributed by atoms with Crippen LogP contribution in [0.25, 0.3) is 0 Å². The molecule has 0 unspecified atom stereocenters. The number of nitrogens with one attached hydrogen (secondary N) is 1. The summed E-state index contributed by atoms with van der Waals surface area (Å²) in [7, 11) is 1.41. The average Bonchev–Trinajstić information content (AvgIpc) is 3.24. The van der Waals surface area contributed by atoms with Gasteiger partial charge in [0.05, 0.1) is 13.2 Å². The molecule has 7 heteroatoms. The van der Waals surface area contributed by atoms with Crippen LogP contribution in [0.4, 0.5) is 0 Å². The van der Waals surface area contributed by atoms with Crippen molar-refractivity contribution in [3.8, 4) is 11.5 Å². The minimum atomic E-state index is -1.08. The Morgan fingerprint density at radius 2 is 2.00 bits per heavy atom. The summed E-state index contributed by atoms with van der Waals surface area (Å²) in [5.41, 5.74) is 1.22. The predicted molar refractivity (Wildman–Crippen MR) is 102 cm³/mol. The van der Waals surface area contributed by atoms with Gasteiger partial charge in [-0.25, -0.2) is 4.79 Å². The zero-order chi connectivity index (χ0) is 19.9. The van der Waals surface area contributed by atoms with Crippen molar-refractivity contribution in [1.82, 2.24) is 5.32 Å². The third-order valence-corrected chi connectivity index (χ3v) is 4.52. The topological polar surface area (TPSA) is 94.1 Å². The number of rotatable bonds is 8. The number of amides is 1. The molecule has 0 bridgehead atoms. The van der Waals surface area contributed by atoms with E-state index in [9.17, 15) is 14.7 Å². The normalized spacial score (nSPS) is 15.8. The van der Waals surface area contributed by atoms with E-state index < -0.39 is 5.97 Å². The molecule has 3 rings (SSSR count). The Morgan fingerprint density at radius 1 is 1.21 bits per heavy atom. The van der Waals surface area contributed by atoms with Crippen LogP contribution in [0, 0.1) is 0 Å². The molecule has 0 aliphatic carbocycles. The van der Waals surface area contributed by atoms with Gasteiger partial charge in [0, 0.05) is 18.7 Å². The Labute approximate surface area is 163 Å². The maximum atomic E-state index is 12.3. The molecule has 2 aromatic carbocycles. The summed E-state index contributed by atoms with van der Waals surface area (Å²) >= 11 is 0. The molecule has 0 aromatic heterocycles. The summed E-state index contributed by atoms with van der Waals surface area (Å²) in [6.07, 6.45) is 2.22. The standard InChI is InChI=1S/C21H23NO6/c1-26-19-9-4-14(11-18(19)21(24)25)12-22-20(23)15-5-7-16(8-6-15)28-13-17-3-2-10-27-17/h4-9,11,17H,2-3,10,12-13H2,1H3,(H,22,23)(H,24,25)/t17-/m1/s1. The molecule has 0 spiro atoms. The van der Waals surface area contributed by atoms with Crippen LogP contribution in [0.5, 0.6) is 11.5 Å². The Kier molecular flexibility index (Phi) is 6.49. The second kappa shape index (κ2) is 9.23. The Bertz CT molecular complexity index is 827. The minimum Gasteiger partial charge on any atom is -0.496 e. The highest BCUT2D eigenvalue weighted by Crippen LogP contribution is 2.20. The number of hydrogen-bond donors (Lipinski definition) is 2. The SMILES string of the molecule is COc1ccc(CNC(=O)c2ccc(OC[C@H]3CCCO3)cc2)cc1C(=O)O. The van der Waals surface area contributed by atoms with E-state index in [-0.39, 0.29) is 29.9 Å². The zero-order valence-electron chi connectivity index (χ0n) is 15.6. The molecule has 1 aliphatic rings. The number of benzene rings is 2. The molecule has 1 heterocycles. The average molecular weight is 385 g/mol. The molecule has 148 valence electrons. The van der Waals surface area contributed by atoms with Crippen molar-refractivity contribution in [2.45, 2.75) is 25.5 Å². The Balaban J connectivity index is 1.54. The maximum absolute atomic E-state index is 12.3. The van der Waals surface area contributed by atoms with Crippen molar-refractivity contribution in [2.24, 2.45) is 0 Å². The van der Waals surface area contributed by atoms with Crippen molar-refractivity contribution in [2.75, 3.05) is 20.3 Å². The van der Waals surface area contributed by atoms with Crippen LogP contribution >= 0.6 is 0 Å². The van der Waals surface area contributed by atoms with Gasteiger partial charge in [-0.3, -0.25) is 4.79 Å². The van der Waals surface area contributed by atoms with Gasteiger partial charge in [0.15, 0.2) is 0 Å². The molecule has 0 saturated carbocycles. The fourth-order valence-corrected chi connectivity index (χ4v) is 2.98. The van der Waals surface area contributed by atoms with Crippen LogP contribution in [0.2, 0.25) is 0 Å². The number of methoxy groups -OCH3 is 1. The van der Waals surface area contributed by atoms with Crippen molar-refractivity contribution >= 4 is 11.9 Å². The number of carboxylic acids is 1. The molecule has 0 radical (unpaired) electrons. The molecule has 1 saturated heterocycles. The van der Waals surface area contributed by atoms with Crippen molar-refractivity contribution in [3.05, 3.63) is 59.2 Å². The van der Waals surface area contributed by atoms with E-state index in [4.69, 9.17) is 14.2 Å². The van der Waals surface area contributed by atoms with Crippen LogP contribution in [0.1, 0.15) is 39.1 Å². The molecular formula is C21H23NO6. The fourth-order valence-electron chi connectivity index (χ4n) is 2.98. The predicted octanol–water partition coefficient (Wildman–Crippen LogP) is 2.88. The molecule has 1 fully saturated rings. The molecule has 2 aromatic rings. The smallest absolute Gasteiger partial charge is 0.339 e. The summed E-state index contributed by atoms with van der Waals surface area (Å²) in [6, 6.07) is 11.7. The lowest BCUT2D eigenvalue weighted by Gasteiger charge is -2.12. The molecule has 1 atom stereocenters. The summed E-state index contributed by atoms with van der Waals surface area (Å²) < 4.78 is 16.2.